The van der Waals surface area contributed by atoms with Crippen LogP contribution in [0.1, 0.15) is 11.1 Å². The molecule has 0 saturated carbocycles. The van der Waals surface area contributed by atoms with Gasteiger partial charge in [0.15, 0.2) is 18.1 Å². The highest BCUT2D eigenvalue weighted by molar-refractivity contribution is 5.92. The van der Waals surface area contributed by atoms with Crippen molar-refractivity contribution >= 4 is 17.2 Å². The van der Waals surface area contributed by atoms with Gasteiger partial charge in [-0.3, -0.25) is 9.78 Å². The standard InChI is InChI=1S/C26H22N6O2/c1-17-5-3-6-18(2)25(17)34-16-24(33)28-21-8-4-7-20(15-21)22-9-10-23-29-30-26(32(23)31-22)19-11-13-27-14-12-19/h3-15H,16H2,1-2H3,(H,28,33). The topological polar surface area (TPSA) is 94.3 Å². The Bertz CT molecular complexity index is 1460. The summed E-state index contributed by atoms with van der Waals surface area (Å²) in [5, 5.41) is 16.1. The summed E-state index contributed by atoms with van der Waals surface area (Å²) in [6, 6.07) is 20.9. The summed E-state index contributed by atoms with van der Waals surface area (Å²) in [6.45, 7) is 3.85. The second-order valence-electron chi connectivity index (χ2n) is 7.89. The Morgan fingerprint density at radius 1 is 0.912 bits per heavy atom. The first kappa shape index (κ1) is 21.3. The van der Waals surface area contributed by atoms with Crippen LogP contribution in [0.15, 0.2) is 79.1 Å². The first-order chi connectivity index (χ1) is 16.6. The lowest BCUT2D eigenvalue weighted by atomic mass is 10.1. The summed E-state index contributed by atoms with van der Waals surface area (Å²) in [5.41, 5.74) is 5.75. The number of rotatable bonds is 6. The molecule has 34 heavy (non-hydrogen) atoms. The van der Waals surface area contributed by atoms with Gasteiger partial charge in [0.2, 0.25) is 0 Å². The van der Waals surface area contributed by atoms with Crippen LogP contribution in [0.3, 0.4) is 0 Å². The molecule has 0 aliphatic rings. The molecule has 0 saturated heterocycles. The Morgan fingerprint density at radius 3 is 2.47 bits per heavy atom. The average molecular weight is 451 g/mol. The Labute approximate surface area is 196 Å². The Hall–Kier alpha value is -4.59. The number of carbonyl (C=O) groups is 1. The first-order valence-corrected chi connectivity index (χ1v) is 10.8. The van der Waals surface area contributed by atoms with E-state index < -0.39 is 0 Å². The zero-order valence-corrected chi connectivity index (χ0v) is 18.8. The van der Waals surface area contributed by atoms with Crippen LogP contribution < -0.4 is 10.1 Å². The number of hydrogen-bond acceptors (Lipinski definition) is 6. The van der Waals surface area contributed by atoms with Gasteiger partial charge in [-0.2, -0.15) is 9.61 Å². The number of carbonyl (C=O) groups excluding carboxylic acids is 1. The molecule has 0 aliphatic heterocycles. The third-order valence-corrected chi connectivity index (χ3v) is 5.40. The molecule has 8 nitrogen and oxygen atoms in total. The molecule has 168 valence electrons. The largest absolute Gasteiger partial charge is 0.483 e. The monoisotopic (exact) mass is 450 g/mol. The summed E-state index contributed by atoms with van der Waals surface area (Å²) in [5.74, 6) is 1.14. The number of hydrogen-bond donors (Lipinski definition) is 1. The normalized spacial score (nSPS) is 10.9. The second kappa shape index (κ2) is 9.11. The van der Waals surface area contributed by atoms with Crippen LogP contribution >= 0.6 is 0 Å². The SMILES string of the molecule is Cc1cccc(C)c1OCC(=O)Nc1cccc(-c2ccc3nnc(-c4ccncc4)n3n2)c1. The minimum Gasteiger partial charge on any atom is -0.483 e. The van der Waals surface area contributed by atoms with E-state index in [2.05, 4.69) is 20.5 Å². The van der Waals surface area contributed by atoms with Gasteiger partial charge < -0.3 is 10.1 Å². The smallest absolute Gasteiger partial charge is 0.262 e. The van der Waals surface area contributed by atoms with Gasteiger partial charge in [-0.1, -0.05) is 30.3 Å². The van der Waals surface area contributed by atoms with Gasteiger partial charge in [0.1, 0.15) is 5.75 Å². The number of pyridine rings is 1. The fourth-order valence-electron chi connectivity index (χ4n) is 3.74. The molecular weight excluding hydrogens is 428 g/mol. The van der Waals surface area contributed by atoms with Crippen molar-refractivity contribution in [2.75, 3.05) is 11.9 Å². The third kappa shape index (κ3) is 4.33. The van der Waals surface area contributed by atoms with Gasteiger partial charge in [-0.25, -0.2) is 0 Å². The van der Waals surface area contributed by atoms with Crippen molar-refractivity contribution in [3.63, 3.8) is 0 Å². The molecule has 0 aliphatic carbocycles. The van der Waals surface area contributed by atoms with Crippen LogP contribution in [-0.2, 0) is 4.79 Å². The molecule has 0 atom stereocenters. The van der Waals surface area contributed by atoms with Gasteiger partial charge in [0.05, 0.1) is 5.69 Å². The molecule has 0 fully saturated rings. The van der Waals surface area contributed by atoms with Crippen molar-refractivity contribution < 1.29 is 9.53 Å². The highest BCUT2D eigenvalue weighted by Gasteiger charge is 2.12. The molecule has 0 spiro atoms. The van der Waals surface area contributed by atoms with Crippen LogP contribution in [0, 0.1) is 13.8 Å². The van der Waals surface area contributed by atoms with Gasteiger partial charge in [0, 0.05) is 29.2 Å². The van der Waals surface area contributed by atoms with Crippen LogP contribution in [0.25, 0.3) is 28.3 Å². The van der Waals surface area contributed by atoms with Crippen molar-refractivity contribution in [2.24, 2.45) is 0 Å². The highest BCUT2D eigenvalue weighted by atomic mass is 16.5. The molecule has 0 bridgehead atoms. The lowest BCUT2D eigenvalue weighted by Crippen LogP contribution is -2.20. The van der Waals surface area contributed by atoms with E-state index in [1.165, 1.54) is 0 Å². The van der Waals surface area contributed by atoms with Crippen molar-refractivity contribution in [3.8, 4) is 28.4 Å². The number of anilines is 1. The zero-order valence-electron chi connectivity index (χ0n) is 18.8. The van der Waals surface area contributed by atoms with Crippen LogP contribution in [-0.4, -0.2) is 37.3 Å². The average Bonchev–Trinajstić information content (AvgIpc) is 3.28. The van der Waals surface area contributed by atoms with E-state index in [1.54, 1.807) is 16.9 Å². The van der Waals surface area contributed by atoms with Gasteiger partial charge in [-0.15, -0.1) is 10.2 Å². The fraction of sp³-hybridized carbons (Fsp3) is 0.115. The molecule has 3 heterocycles. The zero-order chi connectivity index (χ0) is 23.5. The Kier molecular flexibility index (Phi) is 5.70. The van der Waals surface area contributed by atoms with Crippen LogP contribution in [0.4, 0.5) is 5.69 Å². The predicted molar refractivity (Wildman–Crippen MR) is 129 cm³/mol. The van der Waals surface area contributed by atoms with E-state index in [0.717, 1.165) is 33.7 Å². The summed E-state index contributed by atoms with van der Waals surface area (Å²) in [6.07, 6.45) is 3.41. The molecule has 0 radical (unpaired) electrons. The molecule has 5 rings (SSSR count). The minimum atomic E-state index is -0.234. The number of amides is 1. The lowest BCUT2D eigenvalue weighted by Gasteiger charge is -2.12. The Morgan fingerprint density at radius 2 is 1.68 bits per heavy atom. The van der Waals surface area contributed by atoms with E-state index in [1.807, 2.05) is 80.6 Å². The van der Waals surface area contributed by atoms with Gasteiger partial charge >= 0.3 is 0 Å². The van der Waals surface area contributed by atoms with E-state index in [9.17, 15) is 4.79 Å². The molecular formula is C26H22N6O2. The summed E-state index contributed by atoms with van der Waals surface area (Å²) in [7, 11) is 0. The minimum absolute atomic E-state index is 0.0733. The van der Waals surface area contributed by atoms with Gasteiger partial charge in [0.25, 0.3) is 5.91 Å². The number of nitrogens with one attached hydrogen (secondary N) is 1. The van der Waals surface area contributed by atoms with Crippen LogP contribution in [0.5, 0.6) is 5.75 Å². The maximum atomic E-state index is 12.5. The molecule has 1 amide bonds. The molecule has 2 aromatic carbocycles. The highest BCUT2D eigenvalue weighted by Crippen LogP contribution is 2.24. The number of fused-ring (bicyclic) bond motifs is 1. The van der Waals surface area contributed by atoms with Crippen molar-refractivity contribution in [1.82, 2.24) is 24.8 Å². The number of ether oxygens (including phenoxy) is 1. The predicted octanol–water partition coefficient (Wildman–Crippen LogP) is 4.49. The van der Waals surface area contributed by atoms with Crippen molar-refractivity contribution in [3.05, 3.63) is 90.3 Å². The Balaban J connectivity index is 1.35. The van der Waals surface area contributed by atoms with E-state index in [4.69, 9.17) is 9.84 Å². The number of aromatic nitrogens is 5. The number of nitrogens with zero attached hydrogens (tertiary/aromatic N) is 5. The third-order valence-electron chi connectivity index (χ3n) is 5.40. The van der Waals surface area contributed by atoms with Crippen molar-refractivity contribution in [2.45, 2.75) is 13.8 Å². The number of aryl methyl sites for hydroxylation is 2. The van der Waals surface area contributed by atoms with Gasteiger partial charge in [-0.05, 0) is 61.4 Å². The number of benzene rings is 2. The first-order valence-electron chi connectivity index (χ1n) is 10.8. The molecule has 1 N–H and O–H groups in total. The quantitative estimate of drug-likeness (QED) is 0.410. The van der Waals surface area contributed by atoms with Crippen molar-refractivity contribution in [1.29, 1.82) is 0 Å². The van der Waals surface area contributed by atoms with E-state index >= 15 is 0 Å². The summed E-state index contributed by atoms with van der Waals surface area (Å²) in [4.78, 5) is 16.6. The molecule has 0 unspecified atom stereocenters. The number of para-hydroxylation sites is 1. The van der Waals surface area contributed by atoms with E-state index in [-0.39, 0.29) is 12.5 Å². The fourth-order valence-corrected chi connectivity index (χ4v) is 3.74. The molecule has 8 heteroatoms. The van der Waals surface area contributed by atoms with E-state index in [0.29, 0.717) is 17.2 Å². The lowest BCUT2D eigenvalue weighted by molar-refractivity contribution is -0.118. The maximum Gasteiger partial charge on any atom is 0.262 e. The van der Waals surface area contributed by atoms with Crippen LogP contribution in [0.2, 0.25) is 0 Å². The molecule has 3 aromatic heterocycles. The molecule has 5 aromatic rings. The summed E-state index contributed by atoms with van der Waals surface area (Å²) >= 11 is 0. The second-order valence-corrected chi connectivity index (χ2v) is 7.89. The summed E-state index contributed by atoms with van der Waals surface area (Å²) < 4.78 is 7.47. The maximum absolute atomic E-state index is 12.5.